The summed E-state index contributed by atoms with van der Waals surface area (Å²) < 4.78 is 6.21. The standard InChI is InChI=1S/C20H21NO/c1-13(2)14-10-11-18(21-12-14)17-8-5-7-16-15-6-3-4-9-19(15)22-20(16)17/h5,7-8,10-13H,3-4,6,9H2,1-2H3. The van der Waals surface area contributed by atoms with Crippen LogP contribution in [0.25, 0.3) is 22.2 Å². The number of fused-ring (bicyclic) bond motifs is 3. The predicted octanol–water partition coefficient (Wildman–Crippen LogP) is 5.50. The lowest BCUT2D eigenvalue weighted by molar-refractivity contribution is 0.506. The van der Waals surface area contributed by atoms with E-state index in [1.165, 1.54) is 35.1 Å². The summed E-state index contributed by atoms with van der Waals surface area (Å²) in [4.78, 5) is 4.67. The Hall–Kier alpha value is -2.09. The minimum Gasteiger partial charge on any atom is -0.460 e. The highest BCUT2D eigenvalue weighted by atomic mass is 16.3. The van der Waals surface area contributed by atoms with Crippen LogP contribution < -0.4 is 0 Å². The summed E-state index contributed by atoms with van der Waals surface area (Å²) in [6.45, 7) is 4.38. The second kappa shape index (κ2) is 5.28. The van der Waals surface area contributed by atoms with Gasteiger partial charge in [-0.05, 0) is 42.9 Å². The highest BCUT2D eigenvalue weighted by molar-refractivity contribution is 5.94. The zero-order valence-corrected chi connectivity index (χ0v) is 13.2. The minimum absolute atomic E-state index is 0.508. The zero-order chi connectivity index (χ0) is 15.1. The van der Waals surface area contributed by atoms with E-state index < -0.39 is 0 Å². The molecule has 0 bridgehead atoms. The molecule has 2 heteroatoms. The fourth-order valence-corrected chi connectivity index (χ4v) is 3.39. The molecule has 0 atom stereocenters. The molecular formula is C20H21NO. The van der Waals surface area contributed by atoms with E-state index in [0.717, 1.165) is 29.7 Å². The van der Waals surface area contributed by atoms with Gasteiger partial charge < -0.3 is 4.42 Å². The molecule has 0 amide bonds. The fourth-order valence-electron chi connectivity index (χ4n) is 3.39. The molecule has 0 aliphatic heterocycles. The molecule has 1 aromatic carbocycles. The van der Waals surface area contributed by atoms with Crippen molar-refractivity contribution < 1.29 is 4.42 Å². The quantitative estimate of drug-likeness (QED) is 0.623. The SMILES string of the molecule is CC(C)c1ccc(-c2cccc3c4c(oc23)CCCC4)nc1. The van der Waals surface area contributed by atoms with E-state index >= 15 is 0 Å². The van der Waals surface area contributed by atoms with Crippen LogP contribution in [-0.2, 0) is 12.8 Å². The number of hydrogen-bond donors (Lipinski definition) is 0. The van der Waals surface area contributed by atoms with Crippen molar-refractivity contribution in [1.82, 2.24) is 4.98 Å². The number of rotatable bonds is 2. The largest absolute Gasteiger partial charge is 0.460 e. The Morgan fingerprint density at radius 2 is 1.91 bits per heavy atom. The molecule has 1 aliphatic rings. The molecule has 0 radical (unpaired) electrons. The molecule has 0 saturated carbocycles. The molecule has 0 unspecified atom stereocenters. The first-order valence-electron chi connectivity index (χ1n) is 8.23. The zero-order valence-electron chi connectivity index (χ0n) is 13.2. The monoisotopic (exact) mass is 291 g/mol. The van der Waals surface area contributed by atoms with Gasteiger partial charge in [-0.15, -0.1) is 0 Å². The summed E-state index contributed by atoms with van der Waals surface area (Å²) in [5.41, 5.74) is 5.82. The molecule has 2 heterocycles. The van der Waals surface area contributed by atoms with Crippen molar-refractivity contribution in [2.24, 2.45) is 0 Å². The lowest BCUT2D eigenvalue weighted by Crippen LogP contribution is -1.98. The lowest BCUT2D eigenvalue weighted by Gasteiger charge is -2.08. The van der Waals surface area contributed by atoms with E-state index in [1.54, 1.807) is 0 Å². The third-order valence-corrected chi connectivity index (χ3v) is 4.71. The second-order valence-electron chi connectivity index (χ2n) is 6.52. The maximum atomic E-state index is 6.21. The van der Waals surface area contributed by atoms with E-state index in [1.807, 2.05) is 6.20 Å². The average molecular weight is 291 g/mol. The Balaban J connectivity index is 1.86. The number of benzene rings is 1. The van der Waals surface area contributed by atoms with Crippen LogP contribution in [0.2, 0.25) is 0 Å². The van der Waals surface area contributed by atoms with Gasteiger partial charge in [-0.25, -0.2) is 0 Å². The molecule has 2 nitrogen and oxygen atoms in total. The fraction of sp³-hybridized carbons (Fsp3) is 0.350. The van der Waals surface area contributed by atoms with Crippen molar-refractivity contribution in [3.05, 3.63) is 53.4 Å². The molecule has 22 heavy (non-hydrogen) atoms. The van der Waals surface area contributed by atoms with Crippen molar-refractivity contribution in [2.75, 3.05) is 0 Å². The molecule has 0 spiro atoms. The third-order valence-electron chi connectivity index (χ3n) is 4.71. The van der Waals surface area contributed by atoms with Gasteiger partial charge >= 0.3 is 0 Å². The molecule has 1 aliphatic carbocycles. The molecular weight excluding hydrogens is 270 g/mol. The van der Waals surface area contributed by atoms with Gasteiger partial charge in [-0.1, -0.05) is 32.0 Å². The first kappa shape index (κ1) is 13.6. The molecule has 0 fully saturated rings. The van der Waals surface area contributed by atoms with Crippen LogP contribution in [0.1, 0.15) is 49.5 Å². The lowest BCUT2D eigenvalue weighted by atomic mass is 9.95. The minimum atomic E-state index is 0.508. The number of pyridine rings is 1. The van der Waals surface area contributed by atoms with Gasteiger partial charge in [0, 0.05) is 29.1 Å². The van der Waals surface area contributed by atoms with Gasteiger partial charge in [-0.3, -0.25) is 4.98 Å². The van der Waals surface area contributed by atoms with E-state index in [2.05, 4.69) is 49.2 Å². The Kier molecular flexibility index (Phi) is 3.25. The van der Waals surface area contributed by atoms with Crippen LogP contribution in [0.4, 0.5) is 0 Å². The Morgan fingerprint density at radius 1 is 1.05 bits per heavy atom. The van der Waals surface area contributed by atoms with Crippen molar-refractivity contribution in [2.45, 2.75) is 45.4 Å². The topological polar surface area (TPSA) is 26.0 Å². The summed E-state index contributed by atoms with van der Waals surface area (Å²) in [6.07, 6.45) is 6.72. The van der Waals surface area contributed by atoms with Crippen molar-refractivity contribution in [3.8, 4) is 11.3 Å². The second-order valence-corrected chi connectivity index (χ2v) is 6.52. The van der Waals surface area contributed by atoms with E-state index in [9.17, 15) is 0 Å². The number of aromatic nitrogens is 1. The van der Waals surface area contributed by atoms with Gasteiger partial charge in [0.1, 0.15) is 11.3 Å². The highest BCUT2D eigenvalue weighted by Gasteiger charge is 2.20. The summed E-state index contributed by atoms with van der Waals surface area (Å²) >= 11 is 0. The van der Waals surface area contributed by atoms with Crippen LogP contribution in [0.15, 0.2) is 40.9 Å². The maximum absolute atomic E-state index is 6.21. The Bertz CT molecular complexity index is 812. The number of para-hydroxylation sites is 1. The molecule has 112 valence electrons. The summed E-state index contributed by atoms with van der Waals surface area (Å²) in [7, 11) is 0. The predicted molar refractivity (Wildman–Crippen MR) is 90.2 cm³/mol. The van der Waals surface area contributed by atoms with Crippen LogP contribution >= 0.6 is 0 Å². The van der Waals surface area contributed by atoms with Gasteiger partial charge in [0.15, 0.2) is 0 Å². The van der Waals surface area contributed by atoms with E-state index in [0.29, 0.717) is 5.92 Å². The van der Waals surface area contributed by atoms with Crippen molar-refractivity contribution >= 4 is 11.0 Å². The van der Waals surface area contributed by atoms with Crippen LogP contribution in [0, 0.1) is 0 Å². The van der Waals surface area contributed by atoms with E-state index in [4.69, 9.17) is 4.42 Å². The van der Waals surface area contributed by atoms with Crippen LogP contribution in [0.5, 0.6) is 0 Å². The van der Waals surface area contributed by atoms with Crippen molar-refractivity contribution in [3.63, 3.8) is 0 Å². The van der Waals surface area contributed by atoms with Gasteiger partial charge in [0.2, 0.25) is 0 Å². The first-order chi connectivity index (χ1) is 10.7. The number of furan rings is 1. The highest BCUT2D eigenvalue weighted by Crippen LogP contribution is 2.36. The summed E-state index contributed by atoms with van der Waals surface area (Å²) in [5.74, 6) is 1.70. The first-order valence-corrected chi connectivity index (χ1v) is 8.23. The number of aryl methyl sites for hydroxylation is 2. The smallest absolute Gasteiger partial charge is 0.143 e. The molecule has 3 aromatic rings. The molecule has 0 N–H and O–H groups in total. The summed E-state index contributed by atoms with van der Waals surface area (Å²) in [6, 6.07) is 10.7. The van der Waals surface area contributed by atoms with E-state index in [-0.39, 0.29) is 0 Å². The van der Waals surface area contributed by atoms with Crippen molar-refractivity contribution in [1.29, 1.82) is 0 Å². The average Bonchev–Trinajstić information content (AvgIpc) is 2.93. The molecule has 2 aromatic heterocycles. The van der Waals surface area contributed by atoms with Gasteiger partial charge in [0.25, 0.3) is 0 Å². The third kappa shape index (κ3) is 2.14. The summed E-state index contributed by atoms with van der Waals surface area (Å²) in [5, 5.41) is 1.28. The number of hydrogen-bond acceptors (Lipinski definition) is 2. The maximum Gasteiger partial charge on any atom is 0.143 e. The van der Waals surface area contributed by atoms with Gasteiger partial charge in [0.05, 0.1) is 5.69 Å². The Labute approximate surface area is 131 Å². The van der Waals surface area contributed by atoms with Crippen LogP contribution in [-0.4, -0.2) is 4.98 Å². The normalized spacial score (nSPS) is 14.5. The molecule has 4 rings (SSSR count). The molecule has 0 saturated heterocycles. The Morgan fingerprint density at radius 3 is 2.68 bits per heavy atom. The van der Waals surface area contributed by atoms with Crippen LogP contribution in [0.3, 0.4) is 0 Å². The number of nitrogens with zero attached hydrogens (tertiary/aromatic N) is 1. The van der Waals surface area contributed by atoms with Gasteiger partial charge in [-0.2, -0.15) is 0 Å².